The highest BCUT2D eigenvalue weighted by Gasteiger charge is 2.59. The molecule has 10 aliphatic carbocycles. The van der Waals surface area contributed by atoms with Crippen molar-refractivity contribution in [1.82, 2.24) is 0 Å². The summed E-state index contributed by atoms with van der Waals surface area (Å²) in [6, 6.07) is 0. The Morgan fingerprint density at radius 2 is 0.585 bits per heavy atom. The van der Waals surface area contributed by atoms with Gasteiger partial charge in [-0.3, -0.25) is 0 Å². The third-order valence-corrected chi connectivity index (χ3v) is 21.7. The minimum atomic E-state index is 0.636. The Hall–Kier alpha value is -0.0400. The lowest BCUT2D eigenvalue weighted by molar-refractivity contribution is -0.0885. The van der Waals surface area contributed by atoms with Crippen molar-refractivity contribution in [3.05, 3.63) is 0 Å². The second-order valence-electron chi connectivity index (χ2n) is 23.7. The summed E-state index contributed by atoms with van der Waals surface area (Å²) in [5, 5.41) is 0. The average molecular weight is 725 g/mol. The maximum absolute atomic E-state index is 7.81. The van der Waals surface area contributed by atoms with Crippen LogP contribution in [0.15, 0.2) is 0 Å². The van der Waals surface area contributed by atoms with Crippen LogP contribution in [0, 0.1) is 107 Å². The molecule has 0 N–H and O–H groups in total. The molecule has 11 fully saturated rings. The van der Waals surface area contributed by atoms with Crippen molar-refractivity contribution in [1.29, 1.82) is 0 Å². The first-order valence-corrected chi connectivity index (χ1v) is 25.9. The predicted molar refractivity (Wildman–Crippen MR) is 219 cm³/mol. The lowest BCUT2D eigenvalue weighted by Crippen LogP contribution is -2.48. The summed E-state index contributed by atoms with van der Waals surface area (Å²) in [4.78, 5) is 0. The molecular weight excluding hydrogens is 641 g/mol. The van der Waals surface area contributed by atoms with Crippen LogP contribution in [0.5, 0.6) is 0 Å². The van der Waals surface area contributed by atoms with E-state index in [0.29, 0.717) is 12.2 Å². The van der Waals surface area contributed by atoms with E-state index in [4.69, 9.17) is 4.74 Å². The zero-order valence-electron chi connectivity index (χ0n) is 34.6. The Morgan fingerprint density at radius 3 is 1.13 bits per heavy atom. The SMILES string of the molecule is C1CCC2CC(C3CC(C4CCC5CCCCC5C4)CC(C4CCC(C5CCC6CCCCC6C5)C5C6CC7CCCCC7CC6OC45)C3)CCC2C1. The lowest BCUT2D eigenvalue weighted by atomic mass is 9.52. The highest BCUT2D eigenvalue weighted by atomic mass is 16.5. The van der Waals surface area contributed by atoms with Crippen LogP contribution < -0.4 is 0 Å². The molecule has 10 saturated carbocycles. The van der Waals surface area contributed by atoms with E-state index < -0.39 is 0 Å². The van der Waals surface area contributed by atoms with Crippen LogP contribution in [-0.2, 0) is 4.74 Å². The van der Waals surface area contributed by atoms with Gasteiger partial charge in [0, 0.05) is 0 Å². The molecule has 11 rings (SSSR count). The van der Waals surface area contributed by atoms with Gasteiger partial charge in [-0.2, -0.15) is 0 Å². The Morgan fingerprint density at radius 1 is 0.226 bits per heavy atom. The minimum absolute atomic E-state index is 0.636. The number of fused-ring (bicyclic) bond motifs is 7. The number of hydrogen-bond donors (Lipinski definition) is 0. The summed E-state index contributed by atoms with van der Waals surface area (Å²) >= 11 is 0. The van der Waals surface area contributed by atoms with Gasteiger partial charge in [-0.1, -0.05) is 103 Å². The number of hydrogen-bond acceptors (Lipinski definition) is 1. The quantitative estimate of drug-likeness (QED) is 0.280. The van der Waals surface area contributed by atoms with Gasteiger partial charge < -0.3 is 4.74 Å². The highest BCUT2D eigenvalue weighted by Crippen LogP contribution is 2.62. The summed E-state index contributed by atoms with van der Waals surface area (Å²) in [5.74, 6) is 18.7. The molecule has 0 bridgehead atoms. The highest BCUT2D eigenvalue weighted by molar-refractivity contribution is 5.07. The molecule has 0 aromatic heterocycles. The van der Waals surface area contributed by atoms with Gasteiger partial charge in [-0.15, -0.1) is 0 Å². The predicted octanol–water partition coefficient (Wildman–Crippen LogP) is 14.5. The molecule has 0 aromatic carbocycles. The summed E-state index contributed by atoms with van der Waals surface area (Å²) in [6.45, 7) is 0. The molecule has 0 radical (unpaired) electrons. The van der Waals surface area contributed by atoms with E-state index in [0.717, 1.165) is 107 Å². The zero-order chi connectivity index (χ0) is 34.9. The van der Waals surface area contributed by atoms with Gasteiger partial charge in [-0.25, -0.2) is 0 Å². The standard InChI is InChI=1S/C52H84O/c1-4-12-36-25-41(20-17-33(36)9-1)44-28-45(42-21-18-34-10-2-5-13-37(34)26-42)30-46(29-44)48-24-23-47(43-22-19-35-11-3-6-14-38(35)27-43)51-49-31-39-15-7-8-16-40(39)32-50(49)53-52(48)51/h33-52H,1-32H2. The summed E-state index contributed by atoms with van der Waals surface area (Å²) < 4.78 is 7.81. The maximum atomic E-state index is 7.81. The molecule has 19 unspecified atom stereocenters. The molecule has 1 heteroatoms. The first-order valence-electron chi connectivity index (χ1n) is 25.9. The smallest absolute Gasteiger partial charge is 0.0644 e. The van der Waals surface area contributed by atoms with Gasteiger partial charge in [0.15, 0.2) is 0 Å². The van der Waals surface area contributed by atoms with Crippen LogP contribution in [0.3, 0.4) is 0 Å². The summed E-state index contributed by atoms with van der Waals surface area (Å²) in [6.07, 6.45) is 51.7. The Kier molecular flexibility index (Phi) is 10.6. The Balaban J connectivity index is 0.872. The van der Waals surface area contributed by atoms with E-state index in [1.54, 1.807) is 173 Å². The van der Waals surface area contributed by atoms with Crippen LogP contribution in [-0.4, -0.2) is 12.2 Å². The fourth-order valence-corrected chi connectivity index (χ4v) is 19.3. The van der Waals surface area contributed by atoms with E-state index in [1.807, 2.05) is 0 Å². The van der Waals surface area contributed by atoms with Gasteiger partial charge in [-0.05, 0) is 209 Å². The van der Waals surface area contributed by atoms with Crippen molar-refractivity contribution in [3.8, 4) is 0 Å². The van der Waals surface area contributed by atoms with Crippen LogP contribution in [0.25, 0.3) is 0 Å². The first-order chi connectivity index (χ1) is 26.2. The molecule has 1 saturated heterocycles. The van der Waals surface area contributed by atoms with Gasteiger partial charge in [0.25, 0.3) is 0 Å². The normalized spacial score (nSPS) is 55.7. The number of rotatable bonds is 4. The molecule has 1 nitrogen and oxygen atoms in total. The van der Waals surface area contributed by atoms with E-state index in [9.17, 15) is 0 Å². The molecular formula is C52H84O. The van der Waals surface area contributed by atoms with Crippen molar-refractivity contribution in [2.45, 2.75) is 218 Å². The molecule has 19 atom stereocenters. The average Bonchev–Trinajstić information content (AvgIpc) is 3.60. The molecule has 1 aliphatic heterocycles. The van der Waals surface area contributed by atoms with Gasteiger partial charge in [0.2, 0.25) is 0 Å². The van der Waals surface area contributed by atoms with Crippen molar-refractivity contribution in [2.24, 2.45) is 107 Å². The summed E-state index contributed by atoms with van der Waals surface area (Å²) in [7, 11) is 0. The molecule has 11 aliphatic rings. The second-order valence-corrected chi connectivity index (χ2v) is 23.7. The molecule has 0 spiro atoms. The van der Waals surface area contributed by atoms with Crippen LogP contribution in [0.1, 0.15) is 205 Å². The fraction of sp³-hybridized carbons (Fsp3) is 1.00. The fourth-order valence-electron chi connectivity index (χ4n) is 19.3. The van der Waals surface area contributed by atoms with E-state index >= 15 is 0 Å². The lowest BCUT2D eigenvalue weighted by Gasteiger charge is -2.53. The van der Waals surface area contributed by atoms with Crippen molar-refractivity contribution >= 4 is 0 Å². The van der Waals surface area contributed by atoms with Gasteiger partial charge >= 0.3 is 0 Å². The van der Waals surface area contributed by atoms with Gasteiger partial charge in [0.05, 0.1) is 12.2 Å². The Bertz CT molecular complexity index is 1180. The molecule has 53 heavy (non-hydrogen) atoms. The Labute approximate surface area is 327 Å². The first kappa shape index (κ1) is 36.1. The van der Waals surface area contributed by atoms with E-state index in [2.05, 4.69) is 0 Å². The molecule has 298 valence electrons. The van der Waals surface area contributed by atoms with Crippen LogP contribution in [0.4, 0.5) is 0 Å². The van der Waals surface area contributed by atoms with Crippen molar-refractivity contribution < 1.29 is 4.74 Å². The van der Waals surface area contributed by atoms with Gasteiger partial charge in [0.1, 0.15) is 0 Å². The molecule has 0 aromatic rings. The minimum Gasteiger partial charge on any atom is -0.374 e. The maximum Gasteiger partial charge on any atom is 0.0644 e. The van der Waals surface area contributed by atoms with E-state index in [1.165, 1.54) is 32.1 Å². The second kappa shape index (κ2) is 15.6. The zero-order valence-corrected chi connectivity index (χ0v) is 34.6. The molecule has 0 amide bonds. The number of ether oxygens (including phenoxy) is 1. The van der Waals surface area contributed by atoms with Crippen LogP contribution >= 0.6 is 0 Å². The third-order valence-electron chi connectivity index (χ3n) is 21.7. The van der Waals surface area contributed by atoms with Crippen LogP contribution in [0.2, 0.25) is 0 Å². The topological polar surface area (TPSA) is 9.23 Å². The third kappa shape index (κ3) is 7.02. The van der Waals surface area contributed by atoms with Crippen molar-refractivity contribution in [3.63, 3.8) is 0 Å². The largest absolute Gasteiger partial charge is 0.374 e. The van der Waals surface area contributed by atoms with Crippen molar-refractivity contribution in [2.75, 3.05) is 0 Å². The molecule has 1 heterocycles. The monoisotopic (exact) mass is 725 g/mol. The van der Waals surface area contributed by atoms with E-state index in [-0.39, 0.29) is 0 Å². The summed E-state index contributed by atoms with van der Waals surface area (Å²) in [5.41, 5.74) is 0.